The van der Waals surface area contributed by atoms with Crippen molar-refractivity contribution < 1.29 is 4.79 Å². The van der Waals surface area contributed by atoms with Gasteiger partial charge in [-0.2, -0.15) is 15.0 Å². The van der Waals surface area contributed by atoms with Gasteiger partial charge < -0.3 is 5.32 Å². The van der Waals surface area contributed by atoms with Crippen molar-refractivity contribution in [3.63, 3.8) is 0 Å². The van der Waals surface area contributed by atoms with Crippen LogP contribution in [-0.2, 0) is 4.79 Å². The Morgan fingerprint density at radius 3 is 2.47 bits per heavy atom. The van der Waals surface area contributed by atoms with Gasteiger partial charge in [-0.15, -0.1) is 0 Å². The summed E-state index contributed by atoms with van der Waals surface area (Å²) in [4.78, 5) is 13.3. The van der Waals surface area contributed by atoms with Gasteiger partial charge in [-0.05, 0) is 37.6 Å². The van der Waals surface area contributed by atoms with Crippen LogP contribution in [0.5, 0.6) is 0 Å². The maximum absolute atomic E-state index is 11.8. The van der Waals surface area contributed by atoms with Gasteiger partial charge in [0.25, 0.3) is 5.91 Å². The highest BCUT2D eigenvalue weighted by Gasteiger charge is 2.04. The van der Waals surface area contributed by atoms with E-state index in [1.807, 2.05) is 37.3 Å². The summed E-state index contributed by atoms with van der Waals surface area (Å²) in [5.41, 5.74) is 2.33. The second-order valence-electron chi connectivity index (χ2n) is 4.11. The number of amides is 1. The normalized spacial score (nSPS) is 11.4. The zero-order valence-corrected chi connectivity index (χ0v) is 11.0. The fourth-order valence-electron chi connectivity index (χ4n) is 1.66. The topological polar surface area (TPSA) is 59.8 Å². The molecule has 0 radical (unpaired) electrons. The molecule has 1 heterocycles. The summed E-state index contributed by atoms with van der Waals surface area (Å²) >= 11 is 0. The minimum absolute atomic E-state index is 0.0770. The van der Waals surface area contributed by atoms with Gasteiger partial charge in [-0.25, -0.2) is 0 Å². The van der Waals surface area contributed by atoms with Gasteiger partial charge in [-0.1, -0.05) is 13.0 Å². The van der Waals surface area contributed by atoms with Crippen LogP contribution in [0, 0.1) is 0 Å². The molecule has 0 fully saturated rings. The summed E-state index contributed by atoms with van der Waals surface area (Å²) in [6.45, 7) is 3.81. The first-order valence-corrected chi connectivity index (χ1v) is 6.15. The third-order valence-corrected chi connectivity index (χ3v) is 2.64. The van der Waals surface area contributed by atoms with Crippen molar-refractivity contribution in [2.45, 2.75) is 20.3 Å². The Balaban J connectivity index is 2.07. The minimum atomic E-state index is -0.0770. The lowest BCUT2D eigenvalue weighted by molar-refractivity contribution is -0.112. The predicted molar refractivity (Wildman–Crippen MR) is 74.0 cm³/mol. The third kappa shape index (κ3) is 3.28. The zero-order valence-electron chi connectivity index (χ0n) is 11.0. The monoisotopic (exact) mass is 256 g/mol. The van der Waals surface area contributed by atoms with E-state index < -0.39 is 0 Å². The molecule has 5 heteroatoms. The molecule has 1 N–H and O–H groups in total. The smallest absolute Gasteiger partial charge is 0.250 e. The molecule has 5 nitrogen and oxygen atoms in total. The SMILES string of the molecule is CC/C=C(\C)C(=O)Nc1ccc(-n2nccn2)cc1. The van der Waals surface area contributed by atoms with Crippen molar-refractivity contribution in [1.29, 1.82) is 0 Å². The van der Waals surface area contributed by atoms with Gasteiger partial charge in [0.05, 0.1) is 18.1 Å². The molecule has 1 aromatic carbocycles. The summed E-state index contributed by atoms with van der Waals surface area (Å²) < 4.78 is 0. The number of allylic oxidation sites excluding steroid dienone is 1. The van der Waals surface area contributed by atoms with Crippen LogP contribution in [0.4, 0.5) is 5.69 Å². The Morgan fingerprint density at radius 2 is 1.89 bits per heavy atom. The van der Waals surface area contributed by atoms with E-state index in [4.69, 9.17) is 0 Å². The van der Waals surface area contributed by atoms with Crippen LogP contribution in [0.15, 0.2) is 48.3 Å². The van der Waals surface area contributed by atoms with Crippen LogP contribution in [0.1, 0.15) is 20.3 Å². The molecule has 98 valence electrons. The predicted octanol–water partition coefficient (Wildman–Crippen LogP) is 2.56. The van der Waals surface area contributed by atoms with E-state index in [1.165, 1.54) is 4.80 Å². The Bertz CT molecular complexity index is 570. The number of carbonyl (C=O) groups excluding carboxylic acids is 1. The number of anilines is 1. The zero-order chi connectivity index (χ0) is 13.7. The molecule has 0 atom stereocenters. The summed E-state index contributed by atoms with van der Waals surface area (Å²) in [5.74, 6) is -0.0770. The van der Waals surface area contributed by atoms with Crippen LogP contribution in [0.25, 0.3) is 5.69 Å². The van der Waals surface area contributed by atoms with Crippen LogP contribution in [0.3, 0.4) is 0 Å². The number of hydrogen-bond donors (Lipinski definition) is 1. The summed E-state index contributed by atoms with van der Waals surface area (Å²) in [5, 5.41) is 10.9. The van der Waals surface area contributed by atoms with Gasteiger partial charge in [0, 0.05) is 11.3 Å². The summed E-state index contributed by atoms with van der Waals surface area (Å²) in [7, 11) is 0. The minimum Gasteiger partial charge on any atom is -0.322 e. The van der Waals surface area contributed by atoms with E-state index in [2.05, 4.69) is 15.5 Å². The van der Waals surface area contributed by atoms with E-state index in [0.29, 0.717) is 0 Å². The number of aromatic nitrogens is 3. The van der Waals surface area contributed by atoms with Crippen LogP contribution >= 0.6 is 0 Å². The molecule has 0 saturated heterocycles. The van der Waals surface area contributed by atoms with E-state index in [0.717, 1.165) is 23.4 Å². The first-order valence-electron chi connectivity index (χ1n) is 6.15. The molecule has 1 aromatic heterocycles. The largest absolute Gasteiger partial charge is 0.322 e. The number of benzene rings is 1. The van der Waals surface area contributed by atoms with Crippen molar-refractivity contribution in [3.8, 4) is 5.69 Å². The van der Waals surface area contributed by atoms with E-state index >= 15 is 0 Å². The average molecular weight is 256 g/mol. The molecule has 2 aromatic rings. The number of rotatable bonds is 4. The fourth-order valence-corrected chi connectivity index (χ4v) is 1.66. The molecular weight excluding hydrogens is 240 g/mol. The van der Waals surface area contributed by atoms with Gasteiger partial charge in [0.15, 0.2) is 0 Å². The molecule has 0 bridgehead atoms. The molecular formula is C14H16N4O. The van der Waals surface area contributed by atoms with Gasteiger partial charge >= 0.3 is 0 Å². The fraction of sp³-hybridized carbons (Fsp3) is 0.214. The molecule has 0 saturated carbocycles. The van der Waals surface area contributed by atoms with Crippen molar-refractivity contribution >= 4 is 11.6 Å². The van der Waals surface area contributed by atoms with Crippen molar-refractivity contribution in [2.24, 2.45) is 0 Å². The quantitative estimate of drug-likeness (QED) is 0.855. The Hall–Kier alpha value is -2.43. The maximum Gasteiger partial charge on any atom is 0.250 e. The summed E-state index contributed by atoms with van der Waals surface area (Å²) in [6, 6.07) is 7.37. The van der Waals surface area contributed by atoms with Crippen LogP contribution in [0.2, 0.25) is 0 Å². The average Bonchev–Trinajstić information content (AvgIpc) is 2.94. The Kier molecular flexibility index (Phi) is 4.07. The number of nitrogens with zero attached hydrogens (tertiary/aromatic N) is 3. The van der Waals surface area contributed by atoms with Crippen molar-refractivity contribution in [1.82, 2.24) is 15.0 Å². The molecule has 0 aliphatic rings. The molecule has 0 aliphatic carbocycles. The highest BCUT2D eigenvalue weighted by molar-refractivity contribution is 6.03. The van der Waals surface area contributed by atoms with E-state index in [-0.39, 0.29) is 5.91 Å². The van der Waals surface area contributed by atoms with Gasteiger partial charge in [-0.3, -0.25) is 4.79 Å². The highest BCUT2D eigenvalue weighted by Crippen LogP contribution is 2.12. The Morgan fingerprint density at radius 1 is 1.26 bits per heavy atom. The Labute approximate surface area is 111 Å². The molecule has 0 unspecified atom stereocenters. The number of carbonyl (C=O) groups is 1. The van der Waals surface area contributed by atoms with Gasteiger partial charge in [0.2, 0.25) is 0 Å². The lowest BCUT2D eigenvalue weighted by atomic mass is 10.2. The van der Waals surface area contributed by atoms with Crippen molar-refractivity contribution in [3.05, 3.63) is 48.3 Å². The summed E-state index contributed by atoms with van der Waals surface area (Å²) in [6.07, 6.45) is 5.99. The van der Waals surface area contributed by atoms with Crippen LogP contribution in [-0.4, -0.2) is 20.9 Å². The first kappa shape index (κ1) is 13.0. The van der Waals surface area contributed by atoms with Gasteiger partial charge in [0.1, 0.15) is 0 Å². The molecule has 1 amide bonds. The standard InChI is InChI=1S/C14H16N4O/c1-3-4-11(2)14(19)17-12-5-7-13(8-6-12)18-15-9-10-16-18/h4-10H,3H2,1-2H3,(H,17,19)/b11-4+. The lowest BCUT2D eigenvalue weighted by Crippen LogP contribution is -2.12. The number of hydrogen-bond acceptors (Lipinski definition) is 3. The molecule has 19 heavy (non-hydrogen) atoms. The number of nitrogens with one attached hydrogen (secondary N) is 1. The van der Waals surface area contributed by atoms with Crippen LogP contribution < -0.4 is 5.32 Å². The lowest BCUT2D eigenvalue weighted by Gasteiger charge is -2.06. The van der Waals surface area contributed by atoms with E-state index in [9.17, 15) is 4.79 Å². The molecule has 0 aliphatic heterocycles. The van der Waals surface area contributed by atoms with E-state index in [1.54, 1.807) is 19.3 Å². The second-order valence-corrected chi connectivity index (χ2v) is 4.11. The first-order chi connectivity index (χ1) is 9.20. The highest BCUT2D eigenvalue weighted by atomic mass is 16.1. The van der Waals surface area contributed by atoms with Crippen molar-refractivity contribution in [2.75, 3.05) is 5.32 Å². The maximum atomic E-state index is 11.8. The second kappa shape index (κ2) is 5.95. The third-order valence-electron chi connectivity index (χ3n) is 2.64. The molecule has 2 rings (SSSR count). The molecule has 0 spiro atoms.